The van der Waals surface area contributed by atoms with E-state index in [0.29, 0.717) is 17.7 Å². The Balaban J connectivity index is 1.70. The molecule has 0 saturated carbocycles. The van der Waals surface area contributed by atoms with E-state index in [-0.39, 0.29) is 18.1 Å². The molecule has 6 heteroatoms. The predicted octanol–water partition coefficient (Wildman–Crippen LogP) is 4.62. The number of carbonyl (C=O) groups is 1. The number of nitrogens with one attached hydrogen (secondary N) is 1. The van der Waals surface area contributed by atoms with Gasteiger partial charge in [-0.3, -0.25) is 9.78 Å². The van der Waals surface area contributed by atoms with E-state index in [0.717, 1.165) is 42.9 Å². The maximum absolute atomic E-state index is 12.4. The third-order valence-corrected chi connectivity index (χ3v) is 5.96. The van der Waals surface area contributed by atoms with Crippen LogP contribution >= 0.6 is 0 Å². The summed E-state index contributed by atoms with van der Waals surface area (Å²) in [5.74, 6) is 0.227. The molecule has 6 nitrogen and oxygen atoms in total. The summed E-state index contributed by atoms with van der Waals surface area (Å²) in [7, 11) is 0. The number of amides is 1. The van der Waals surface area contributed by atoms with E-state index in [1.54, 1.807) is 6.20 Å². The lowest BCUT2D eigenvalue weighted by molar-refractivity contribution is -0.101. The molecule has 1 amide bonds. The zero-order valence-electron chi connectivity index (χ0n) is 18.8. The first-order valence-corrected chi connectivity index (χ1v) is 11.0. The third kappa shape index (κ3) is 5.43. The molecule has 0 aliphatic carbocycles. The molecule has 1 saturated heterocycles. The molecule has 2 heterocycles. The number of hydrogen-bond donors (Lipinski definition) is 1. The van der Waals surface area contributed by atoms with Gasteiger partial charge in [-0.2, -0.15) is 0 Å². The van der Waals surface area contributed by atoms with Crippen LogP contribution < -0.4 is 5.32 Å². The SMILES string of the molecule is CCN(CC)[C@H]1C[C@@H](c2ccc(NC(=O)c3cnc(C)cn3)cc2)O[C@@H](C(C)C)C1. The first-order chi connectivity index (χ1) is 14.4. The van der Waals surface area contributed by atoms with Crippen molar-refractivity contribution in [2.75, 3.05) is 18.4 Å². The summed E-state index contributed by atoms with van der Waals surface area (Å²) in [6, 6.07) is 8.52. The van der Waals surface area contributed by atoms with Crippen LogP contribution in [0, 0.1) is 12.8 Å². The molecule has 162 valence electrons. The topological polar surface area (TPSA) is 67.4 Å². The smallest absolute Gasteiger partial charge is 0.275 e. The summed E-state index contributed by atoms with van der Waals surface area (Å²) in [6.07, 6.45) is 5.50. The Morgan fingerprint density at radius 1 is 1.13 bits per heavy atom. The molecule has 1 N–H and O–H groups in total. The minimum absolute atomic E-state index is 0.0736. The fraction of sp³-hybridized carbons (Fsp3) is 0.542. The molecule has 0 radical (unpaired) electrons. The molecule has 1 fully saturated rings. The van der Waals surface area contributed by atoms with Crippen LogP contribution in [0.5, 0.6) is 0 Å². The molecule has 3 rings (SSSR count). The van der Waals surface area contributed by atoms with Gasteiger partial charge in [0.05, 0.1) is 24.1 Å². The summed E-state index contributed by atoms with van der Waals surface area (Å²) >= 11 is 0. The van der Waals surface area contributed by atoms with E-state index in [2.05, 4.69) is 60.0 Å². The highest BCUT2D eigenvalue weighted by atomic mass is 16.5. The van der Waals surface area contributed by atoms with Gasteiger partial charge in [0.15, 0.2) is 0 Å². The number of rotatable bonds is 7. The summed E-state index contributed by atoms with van der Waals surface area (Å²) in [6.45, 7) is 12.9. The molecule has 2 aromatic rings. The summed E-state index contributed by atoms with van der Waals surface area (Å²) in [5, 5.41) is 2.89. The molecule has 1 aliphatic heterocycles. The molecule has 0 unspecified atom stereocenters. The van der Waals surface area contributed by atoms with E-state index < -0.39 is 0 Å². The van der Waals surface area contributed by atoms with Gasteiger partial charge in [0, 0.05) is 17.9 Å². The average molecular weight is 411 g/mol. The van der Waals surface area contributed by atoms with Crippen LogP contribution in [-0.2, 0) is 4.74 Å². The van der Waals surface area contributed by atoms with Gasteiger partial charge in [0.25, 0.3) is 5.91 Å². The standard InChI is InChI=1S/C24H34N4O2/c1-6-28(7-2)20-12-22(16(3)4)30-23(13-20)18-8-10-19(11-9-18)27-24(29)21-15-25-17(5)14-26-21/h8-11,14-16,20,22-23H,6-7,12-13H2,1-5H3,(H,27,29)/t20-,22-,23+/m1/s1. The maximum atomic E-state index is 12.4. The molecule has 30 heavy (non-hydrogen) atoms. The Morgan fingerprint density at radius 3 is 2.40 bits per heavy atom. The molecule has 1 aromatic carbocycles. The second-order valence-electron chi connectivity index (χ2n) is 8.37. The van der Waals surface area contributed by atoms with Crippen molar-refractivity contribution in [3.8, 4) is 0 Å². The number of carbonyl (C=O) groups excluding carboxylic acids is 1. The number of benzene rings is 1. The molecule has 3 atom stereocenters. The fourth-order valence-electron chi connectivity index (χ4n) is 4.10. The van der Waals surface area contributed by atoms with Crippen LogP contribution in [0.15, 0.2) is 36.7 Å². The van der Waals surface area contributed by atoms with Crippen molar-refractivity contribution in [2.24, 2.45) is 5.92 Å². The van der Waals surface area contributed by atoms with Gasteiger partial charge in [-0.1, -0.05) is 39.8 Å². The molecular formula is C24H34N4O2. The van der Waals surface area contributed by atoms with E-state index in [1.165, 1.54) is 6.20 Å². The van der Waals surface area contributed by atoms with Crippen molar-refractivity contribution in [3.63, 3.8) is 0 Å². The average Bonchev–Trinajstić information content (AvgIpc) is 2.75. The fourth-order valence-corrected chi connectivity index (χ4v) is 4.10. The molecular weight excluding hydrogens is 376 g/mol. The highest BCUT2D eigenvalue weighted by Crippen LogP contribution is 2.36. The van der Waals surface area contributed by atoms with Gasteiger partial charge in [-0.05, 0) is 56.5 Å². The van der Waals surface area contributed by atoms with Gasteiger partial charge in [0.2, 0.25) is 0 Å². The second-order valence-corrected chi connectivity index (χ2v) is 8.37. The molecule has 0 bridgehead atoms. The number of aromatic nitrogens is 2. The number of anilines is 1. The largest absolute Gasteiger partial charge is 0.370 e. The number of nitrogens with zero attached hydrogens (tertiary/aromatic N) is 3. The van der Waals surface area contributed by atoms with E-state index in [1.807, 2.05) is 19.1 Å². The van der Waals surface area contributed by atoms with Gasteiger partial charge < -0.3 is 15.0 Å². The Hall–Kier alpha value is -2.31. The van der Waals surface area contributed by atoms with Crippen LogP contribution in [0.4, 0.5) is 5.69 Å². The van der Waals surface area contributed by atoms with Gasteiger partial charge in [-0.25, -0.2) is 4.98 Å². The van der Waals surface area contributed by atoms with Crippen LogP contribution in [0.2, 0.25) is 0 Å². The second kappa shape index (κ2) is 10.1. The normalized spacial score (nSPS) is 21.8. The number of ether oxygens (including phenoxy) is 1. The van der Waals surface area contributed by atoms with Crippen LogP contribution in [0.25, 0.3) is 0 Å². The number of aryl methyl sites for hydroxylation is 1. The van der Waals surface area contributed by atoms with Gasteiger partial charge >= 0.3 is 0 Å². The van der Waals surface area contributed by atoms with Crippen LogP contribution in [-0.4, -0.2) is 46.0 Å². The van der Waals surface area contributed by atoms with E-state index in [9.17, 15) is 4.79 Å². The van der Waals surface area contributed by atoms with Crippen molar-refractivity contribution in [1.29, 1.82) is 0 Å². The van der Waals surface area contributed by atoms with Crippen molar-refractivity contribution >= 4 is 11.6 Å². The Morgan fingerprint density at radius 2 is 1.83 bits per heavy atom. The lowest BCUT2D eigenvalue weighted by Crippen LogP contribution is -2.44. The van der Waals surface area contributed by atoms with Gasteiger partial charge in [-0.15, -0.1) is 0 Å². The van der Waals surface area contributed by atoms with E-state index >= 15 is 0 Å². The minimum Gasteiger partial charge on any atom is -0.370 e. The van der Waals surface area contributed by atoms with E-state index in [4.69, 9.17) is 4.74 Å². The zero-order valence-corrected chi connectivity index (χ0v) is 18.8. The van der Waals surface area contributed by atoms with Gasteiger partial charge in [0.1, 0.15) is 5.69 Å². The summed E-state index contributed by atoms with van der Waals surface area (Å²) in [5.41, 5.74) is 2.99. The van der Waals surface area contributed by atoms with Crippen molar-refractivity contribution in [2.45, 2.75) is 65.7 Å². The summed E-state index contributed by atoms with van der Waals surface area (Å²) < 4.78 is 6.47. The lowest BCUT2D eigenvalue weighted by Gasteiger charge is -2.42. The minimum atomic E-state index is -0.259. The monoisotopic (exact) mass is 410 g/mol. The first kappa shape index (κ1) is 22.4. The molecule has 1 aromatic heterocycles. The third-order valence-electron chi connectivity index (χ3n) is 5.96. The molecule has 0 spiro atoms. The Bertz CT molecular complexity index is 816. The quantitative estimate of drug-likeness (QED) is 0.721. The zero-order chi connectivity index (χ0) is 21.7. The predicted molar refractivity (Wildman–Crippen MR) is 120 cm³/mol. The first-order valence-electron chi connectivity index (χ1n) is 11.0. The highest BCUT2D eigenvalue weighted by Gasteiger charge is 2.34. The van der Waals surface area contributed by atoms with Crippen molar-refractivity contribution in [3.05, 3.63) is 53.6 Å². The van der Waals surface area contributed by atoms with Crippen molar-refractivity contribution < 1.29 is 9.53 Å². The Kier molecular flexibility index (Phi) is 7.56. The van der Waals surface area contributed by atoms with Crippen LogP contribution in [0.1, 0.15) is 68.4 Å². The molecule has 1 aliphatic rings. The van der Waals surface area contributed by atoms with Crippen LogP contribution in [0.3, 0.4) is 0 Å². The number of hydrogen-bond acceptors (Lipinski definition) is 5. The maximum Gasteiger partial charge on any atom is 0.275 e. The Labute approximate surface area is 180 Å². The lowest BCUT2D eigenvalue weighted by atomic mass is 9.89. The highest BCUT2D eigenvalue weighted by molar-refractivity contribution is 6.02. The summed E-state index contributed by atoms with van der Waals surface area (Å²) in [4.78, 5) is 23.2. The van der Waals surface area contributed by atoms with Crippen molar-refractivity contribution in [1.82, 2.24) is 14.9 Å².